The van der Waals surface area contributed by atoms with Crippen LogP contribution in [0.15, 0.2) is 45.3 Å². The topological polar surface area (TPSA) is 21.3 Å². The van der Waals surface area contributed by atoms with E-state index in [2.05, 4.69) is 37.2 Å². The first-order chi connectivity index (χ1) is 9.58. The first kappa shape index (κ1) is 15.5. The van der Waals surface area contributed by atoms with Crippen molar-refractivity contribution in [1.82, 2.24) is 5.32 Å². The maximum Gasteiger partial charge on any atom is 0.132 e. The summed E-state index contributed by atoms with van der Waals surface area (Å²) in [5.74, 6) is 0.229. The highest BCUT2D eigenvalue weighted by Gasteiger charge is 2.22. The quantitative estimate of drug-likeness (QED) is 0.802. The second kappa shape index (κ2) is 6.70. The van der Waals surface area contributed by atoms with Crippen LogP contribution in [0.2, 0.25) is 0 Å². The van der Waals surface area contributed by atoms with Gasteiger partial charge in [-0.15, -0.1) is 0 Å². The highest BCUT2D eigenvalue weighted by atomic mass is 79.9. The number of nitrogens with one attached hydrogen (secondary N) is 1. The molecule has 0 radical (unpaired) electrons. The van der Waals surface area contributed by atoms with E-state index in [1.807, 2.05) is 18.2 Å². The van der Waals surface area contributed by atoms with E-state index in [1.165, 1.54) is 6.07 Å². The lowest BCUT2D eigenvalue weighted by molar-refractivity contribution is 0.398. The molecule has 0 heterocycles. The number of ether oxygens (including phenoxy) is 1. The van der Waals surface area contributed by atoms with Crippen molar-refractivity contribution in [2.24, 2.45) is 0 Å². The SMILES string of the molecule is CNC(c1cc(Br)ccc1Br)c1c(F)cccc1OC. The Morgan fingerprint density at radius 3 is 2.60 bits per heavy atom. The molecule has 0 saturated carbocycles. The molecular formula is C15H14Br2FNO. The Hall–Kier alpha value is -0.910. The van der Waals surface area contributed by atoms with E-state index < -0.39 is 0 Å². The third kappa shape index (κ3) is 3.05. The molecule has 1 N–H and O–H groups in total. The Morgan fingerprint density at radius 2 is 1.95 bits per heavy atom. The van der Waals surface area contributed by atoms with Crippen molar-refractivity contribution in [1.29, 1.82) is 0 Å². The minimum Gasteiger partial charge on any atom is -0.496 e. The molecule has 106 valence electrons. The summed E-state index contributed by atoms with van der Waals surface area (Å²) < 4.78 is 21.4. The van der Waals surface area contributed by atoms with Gasteiger partial charge in [-0.1, -0.05) is 37.9 Å². The Labute approximate surface area is 134 Å². The molecule has 0 saturated heterocycles. The van der Waals surface area contributed by atoms with E-state index in [4.69, 9.17) is 4.74 Å². The van der Waals surface area contributed by atoms with Crippen LogP contribution >= 0.6 is 31.9 Å². The molecule has 5 heteroatoms. The van der Waals surface area contributed by atoms with Crippen molar-refractivity contribution in [3.05, 3.63) is 62.3 Å². The van der Waals surface area contributed by atoms with E-state index in [0.29, 0.717) is 11.3 Å². The minimum atomic E-state index is -0.307. The standard InChI is InChI=1S/C15H14Br2FNO/c1-19-15(10-8-9(16)6-7-11(10)17)14-12(18)4-3-5-13(14)20-2/h3-8,15,19H,1-2H3. The second-order valence-corrected chi connectivity index (χ2v) is 6.01. The van der Waals surface area contributed by atoms with Crippen molar-refractivity contribution < 1.29 is 9.13 Å². The van der Waals surface area contributed by atoms with Crippen LogP contribution in [-0.2, 0) is 0 Å². The summed E-state index contributed by atoms with van der Waals surface area (Å²) in [5.41, 5.74) is 1.43. The molecule has 2 rings (SSSR count). The normalized spacial score (nSPS) is 12.2. The van der Waals surface area contributed by atoms with Crippen molar-refractivity contribution >= 4 is 31.9 Å². The van der Waals surface area contributed by atoms with E-state index in [0.717, 1.165) is 14.5 Å². The van der Waals surface area contributed by atoms with Gasteiger partial charge in [0, 0.05) is 8.95 Å². The summed E-state index contributed by atoms with van der Waals surface area (Å²) in [6.45, 7) is 0. The highest BCUT2D eigenvalue weighted by Crippen LogP contribution is 2.36. The molecular weight excluding hydrogens is 389 g/mol. The van der Waals surface area contributed by atoms with Gasteiger partial charge in [0.25, 0.3) is 0 Å². The van der Waals surface area contributed by atoms with E-state index in [-0.39, 0.29) is 11.9 Å². The number of hydrogen-bond acceptors (Lipinski definition) is 2. The number of benzene rings is 2. The van der Waals surface area contributed by atoms with Crippen molar-refractivity contribution in [2.45, 2.75) is 6.04 Å². The van der Waals surface area contributed by atoms with Crippen LogP contribution in [0.5, 0.6) is 5.75 Å². The third-order valence-electron chi connectivity index (χ3n) is 3.08. The van der Waals surface area contributed by atoms with Gasteiger partial charge in [0.2, 0.25) is 0 Å². The Balaban J connectivity index is 2.61. The molecule has 0 aliphatic heterocycles. The average Bonchev–Trinajstić information content (AvgIpc) is 2.44. The Kier molecular flexibility index (Phi) is 5.18. The van der Waals surface area contributed by atoms with Crippen molar-refractivity contribution in [3.8, 4) is 5.75 Å². The molecule has 20 heavy (non-hydrogen) atoms. The molecule has 2 aromatic carbocycles. The van der Waals surface area contributed by atoms with E-state index in [1.54, 1.807) is 26.3 Å². The van der Waals surface area contributed by atoms with Gasteiger partial charge in [0.1, 0.15) is 11.6 Å². The second-order valence-electron chi connectivity index (χ2n) is 4.24. The number of halogens is 3. The summed E-state index contributed by atoms with van der Waals surface area (Å²) in [4.78, 5) is 0. The zero-order valence-corrected chi connectivity index (χ0v) is 14.3. The first-order valence-corrected chi connectivity index (χ1v) is 7.61. The van der Waals surface area contributed by atoms with Crippen LogP contribution in [-0.4, -0.2) is 14.2 Å². The Morgan fingerprint density at radius 1 is 1.20 bits per heavy atom. The van der Waals surface area contributed by atoms with Crippen molar-refractivity contribution in [3.63, 3.8) is 0 Å². The molecule has 0 fully saturated rings. The lowest BCUT2D eigenvalue weighted by Gasteiger charge is -2.22. The van der Waals surface area contributed by atoms with Crippen LogP contribution in [0.3, 0.4) is 0 Å². The van der Waals surface area contributed by atoms with Gasteiger partial charge in [-0.2, -0.15) is 0 Å². The maximum absolute atomic E-state index is 14.2. The molecule has 0 aromatic heterocycles. The zero-order valence-electron chi connectivity index (χ0n) is 11.1. The predicted octanol–water partition coefficient (Wildman–Crippen LogP) is 4.67. The molecule has 0 amide bonds. The molecule has 0 aliphatic carbocycles. The molecule has 1 unspecified atom stereocenters. The van der Waals surface area contributed by atoms with Gasteiger partial charge < -0.3 is 10.1 Å². The molecule has 0 bridgehead atoms. The maximum atomic E-state index is 14.2. The fourth-order valence-corrected chi connectivity index (χ4v) is 3.02. The average molecular weight is 403 g/mol. The Bertz CT molecular complexity index is 619. The fourth-order valence-electron chi connectivity index (χ4n) is 2.17. The van der Waals surface area contributed by atoms with Crippen LogP contribution in [0.1, 0.15) is 17.2 Å². The summed E-state index contributed by atoms with van der Waals surface area (Å²) in [7, 11) is 3.34. The van der Waals surface area contributed by atoms with Gasteiger partial charge in [-0.25, -0.2) is 4.39 Å². The lowest BCUT2D eigenvalue weighted by Crippen LogP contribution is -2.20. The van der Waals surface area contributed by atoms with Gasteiger partial charge in [0.15, 0.2) is 0 Å². The number of rotatable bonds is 4. The van der Waals surface area contributed by atoms with E-state index in [9.17, 15) is 4.39 Å². The summed E-state index contributed by atoms with van der Waals surface area (Å²) in [6.07, 6.45) is 0. The van der Waals surface area contributed by atoms with Gasteiger partial charge in [-0.05, 0) is 42.9 Å². The third-order valence-corrected chi connectivity index (χ3v) is 4.29. The largest absolute Gasteiger partial charge is 0.496 e. The molecule has 0 spiro atoms. The van der Waals surface area contributed by atoms with Crippen LogP contribution in [0.25, 0.3) is 0 Å². The molecule has 0 aliphatic rings. The van der Waals surface area contributed by atoms with Crippen LogP contribution in [0.4, 0.5) is 4.39 Å². The summed E-state index contributed by atoms with van der Waals surface area (Å²) >= 11 is 6.96. The van der Waals surface area contributed by atoms with Gasteiger partial charge in [-0.3, -0.25) is 0 Å². The number of methoxy groups -OCH3 is 1. The first-order valence-electron chi connectivity index (χ1n) is 6.03. The van der Waals surface area contributed by atoms with Crippen LogP contribution < -0.4 is 10.1 Å². The summed E-state index contributed by atoms with van der Waals surface area (Å²) in [5, 5.41) is 3.15. The number of hydrogen-bond donors (Lipinski definition) is 1. The van der Waals surface area contributed by atoms with Gasteiger partial charge in [0.05, 0.1) is 18.7 Å². The highest BCUT2D eigenvalue weighted by molar-refractivity contribution is 9.11. The minimum absolute atomic E-state index is 0.296. The predicted molar refractivity (Wildman–Crippen MR) is 85.7 cm³/mol. The molecule has 2 aromatic rings. The van der Waals surface area contributed by atoms with E-state index >= 15 is 0 Å². The fraction of sp³-hybridized carbons (Fsp3) is 0.200. The van der Waals surface area contributed by atoms with Crippen molar-refractivity contribution in [2.75, 3.05) is 14.2 Å². The zero-order chi connectivity index (χ0) is 14.7. The smallest absolute Gasteiger partial charge is 0.132 e. The molecule has 2 nitrogen and oxygen atoms in total. The monoisotopic (exact) mass is 401 g/mol. The molecule has 1 atom stereocenters. The summed E-state index contributed by atoms with van der Waals surface area (Å²) in [6, 6.07) is 10.3. The van der Waals surface area contributed by atoms with Gasteiger partial charge >= 0.3 is 0 Å². The van der Waals surface area contributed by atoms with Crippen LogP contribution in [0, 0.1) is 5.82 Å². The lowest BCUT2D eigenvalue weighted by atomic mass is 9.97.